The zero-order valence-corrected chi connectivity index (χ0v) is 12.3. The summed E-state index contributed by atoms with van der Waals surface area (Å²) in [7, 11) is 1.96. The van der Waals surface area contributed by atoms with Gasteiger partial charge in [0.15, 0.2) is 0 Å². The molecule has 4 nitrogen and oxygen atoms in total. The Hall–Kier alpha value is -0.450. The largest absolute Gasteiger partial charge is 0.327 e. The highest BCUT2D eigenvalue weighted by molar-refractivity contribution is 5.81. The first-order chi connectivity index (χ1) is 8.61. The molecular formula is C14H31N3O. The fraction of sp³-hybridized carbons (Fsp3) is 0.929. The van der Waals surface area contributed by atoms with E-state index >= 15 is 0 Å². The molecule has 0 aromatic rings. The van der Waals surface area contributed by atoms with Crippen LogP contribution in [-0.2, 0) is 4.79 Å². The monoisotopic (exact) mass is 257 g/mol. The zero-order chi connectivity index (χ0) is 13.8. The summed E-state index contributed by atoms with van der Waals surface area (Å²) in [6, 6.07) is 0.152. The average molecular weight is 257 g/mol. The van der Waals surface area contributed by atoms with E-state index < -0.39 is 0 Å². The number of hydrogen-bond donors (Lipinski definition) is 3. The van der Waals surface area contributed by atoms with Crippen molar-refractivity contribution >= 4 is 5.78 Å². The second-order valence-corrected chi connectivity index (χ2v) is 5.07. The summed E-state index contributed by atoms with van der Waals surface area (Å²) in [5, 5.41) is 6.43. The third-order valence-electron chi connectivity index (χ3n) is 3.22. The maximum atomic E-state index is 11.4. The van der Waals surface area contributed by atoms with Crippen LogP contribution >= 0.6 is 0 Å². The van der Waals surface area contributed by atoms with Crippen LogP contribution in [0.3, 0.4) is 0 Å². The van der Waals surface area contributed by atoms with E-state index in [9.17, 15) is 4.79 Å². The van der Waals surface area contributed by atoms with Crippen molar-refractivity contribution in [1.82, 2.24) is 10.6 Å². The molecule has 2 atom stereocenters. The quantitative estimate of drug-likeness (QED) is 0.463. The number of nitrogens with two attached hydrogens (primary N) is 1. The highest BCUT2D eigenvalue weighted by Crippen LogP contribution is 2.03. The lowest BCUT2D eigenvalue weighted by Gasteiger charge is -2.19. The minimum absolute atomic E-state index is 0.00620. The number of carbonyl (C=O) groups excluding carboxylic acids is 1. The minimum Gasteiger partial charge on any atom is -0.327 e. The molecule has 0 radical (unpaired) electrons. The fourth-order valence-electron chi connectivity index (χ4n) is 1.96. The van der Waals surface area contributed by atoms with E-state index in [0.29, 0.717) is 0 Å². The summed E-state index contributed by atoms with van der Waals surface area (Å²) in [6.45, 7) is 5.59. The molecular weight excluding hydrogens is 226 g/mol. The molecule has 108 valence electrons. The molecule has 18 heavy (non-hydrogen) atoms. The summed E-state index contributed by atoms with van der Waals surface area (Å²) in [4.78, 5) is 11.4. The van der Waals surface area contributed by atoms with Gasteiger partial charge in [-0.2, -0.15) is 0 Å². The van der Waals surface area contributed by atoms with Crippen molar-refractivity contribution in [3.05, 3.63) is 0 Å². The van der Waals surface area contributed by atoms with Crippen molar-refractivity contribution < 1.29 is 4.79 Å². The molecule has 0 aliphatic carbocycles. The molecule has 0 aromatic carbocycles. The van der Waals surface area contributed by atoms with Crippen LogP contribution in [0.4, 0.5) is 0 Å². The molecule has 0 rings (SSSR count). The Bertz CT molecular complexity index is 209. The van der Waals surface area contributed by atoms with Crippen molar-refractivity contribution in [2.45, 2.75) is 64.5 Å². The highest BCUT2D eigenvalue weighted by Gasteiger charge is 2.13. The normalized spacial score (nSPS) is 14.4. The molecule has 0 heterocycles. The Balaban J connectivity index is 3.71. The number of ketones is 1. The average Bonchev–Trinajstić information content (AvgIpc) is 2.34. The van der Waals surface area contributed by atoms with E-state index in [4.69, 9.17) is 5.73 Å². The van der Waals surface area contributed by atoms with Crippen molar-refractivity contribution in [2.24, 2.45) is 5.73 Å². The van der Waals surface area contributed by atoms with Crippen LogP contribution in [-0.4, -0.2) is 38.0 Å². The fourth-order valence-corrected chi connectivity index (χ4v) is 1.96. The van der Waals surface area contributed by atoms with Gasteiger partial charge in [-0.15, -0.1) is 0 Å². The van der Waals surface area contributed by atoms with E-state index in [1.165, 1.54) is 0 Å². The summed E-state index contributed by atoms with van der Waals surface area (Å²) in [5.41, 5.74) is 6.04. The molecule has 0 aromatic heterocycles. The van der Waals surface area contributed by atoms with Gasteiger partial charge < -0.3 is 16.4 Å². The standard InChI is InChI=1S/C14H31N3O/c1-4-5-9-14(12(2)18)17-11-13(15)8-6-7-10-16-3/h13-14,16-17H,4-11,15H2,1-3H3. The predicted octanol–water partition coefficient (Wildman–Crippen LogP) is 1.44. The topological polar surface area (TPSA) is 67.2 Å². The smallest absolute Gasteiger partial charge is 0.146 e. The maximum absolute atomic E-state index is 11.4. The number of Topliss-reactive ketones (excluding diaryl/α,β-unsaturated/α-hetero) is 1. The Morgan fingerprint density at radius 3 is 2.50 bits per heavy atom. The van der Waals surface area contributed by atoms with Gasteiger partial charge in [-0.1, -0.05) is 26.2 Å². The van der Waals surface area contributed by atoms with Gasteiger partial charge in [0.2, 0.25) is 0 Å². The zero-order valence-electron chi connectivity index (χ0n) is 12.3. The van der Waals surface area contributed by atoms with E-state index in [-0.39, 0.29) is 17.9 Å². The first-order valence-electron chi connectivity index (χ1n) is 7.25. The van der Waals surface area contributed by atoms with E-state index in [1.807, 2.05) is 7.05 Å². The molecule has 0 aliphatic heterocycles. The van der Waals surface area contributed by atoms with Crippen LogP contribution in [0.15, 0.2) is 0 Å². The Morgan fingerprint density at radius 1 is 1.22 bits per heavy atom. The van der Waals surface area contributed by atoms with Gasteiger partial charge in [-0.25, -0.2) is 0 Å². The molecule has 0 aliphatic rings. The van der Waals surface area contributed by atoms with Gasteiger partial charge in [-0.05, 0) is 39.8 Å². The Kier molecular flexibility index (Phi) is 11.3. The van der Waals surface area contributed by atoms with Crippen molar-refractivity contribution in [1.29, 1.82) is 0 Å². The van der Waals surface area contributed by atoms with Gasteiger partial charge in [0.25, 0.3) is 0 Å². The second kappa shape index (κ2) is 11.6. The van der Waals surface area contributed by atoms with Gasteiger partial charge in [0.1, 0.15) is 5.78 Å². The van der Waals surface area contributed by atoms with Gasteiger partial charge in [-0.3, -0.25) is 4.79 Å². The Morgan fingerprint density at radius 2 is 1.94 bits per heavy atom. The second-order valence-electron chi connectivity index (χ2n) is 5.07. The lowest BCUT2D eigenvalue weighted by molar-refractivity contribution is -0.119. The summed E-state index contributed by atoms with van der Waals surface area (Å²) in [5.74, 6) is 0.228. The van der Waals surface area contributed by atoms with E-state index in [0.717, 1.165) is 51.6 Å². The van der Waals surface area contributed by atoms with Gasteiger partial charge >= 0.3 is 0 Å². The number of hydrogen-bond acceptors (Lipinski definition) is 4. The molecule has 4 heteroatoms. The van der Waals surface area contributed by atoms with Crippen LogP contribution < -0.4 is 16.4 Å². The molecule has 0 spiro atoms. The van der Waals surface area contributed by atoms with Crippen LogP contribution in [0.2, 0.25) is 0 Å². The van der Waals surface area contributed by atoms with Crippen LogP contribution in [0.5, 0.6) is 0 Å². The summed E-state index contributed by atoms with van der Waals surface area (Å²) >= 11 is 0. The maximum Gasteiger partial charge on any atom is 0.146 e. The number of carbonyl (C=O) groups is 1. The van der Waals surface area contributed by atoms with Crippen molar-refractivity contribution in [2.75, 3.05) is 20.1 Å². The molecule has 0 fully saturated rings. The number of unbranched alkanes of at least 4 members (excludes halogenated alkanes) is 2. The van der Waals surface area contributed by atoms with Crippen molar-refractivity contribution in [3.63, 3.8) is 0 Å². The molecule has 0 bridgehead atoms. The molecule has 0 amide bonds. The van der Waals surface area contributed by atoms with Crippen LogP contribution in [0, 0.1) is 0 Å². The van der Waals surface area contributed by atoms with Crippen LogP contribution in [0.25, 0.3) is 0 Å². The summed E-state index contributed by atoms with van der Waals surface area (Å²) < 4.78 is 0. The minimum atomic E-state index is -0.00620. The predicted molar refractivity (Wildman–Crippen MR) is 77.7 cm³/mol. The van der Waals surface area contributed by atoms with E-state index in [1.54, 1.807) is 6.92 Å². The molecule has 2 unspecified atom stereocenters. The van der Waals surface area contributed by atoms with E-state index in [2.05, 4.69) is 17.6 Å². The number of rotatable bonds is 12. The van der Waals surface area contributed by atoms with Gasteiger partial charge in [0.05, 0.1) is 6.04 Å². The third kappa shape index (κ3) is 9.57. The van der Waals surface area contributed by atoms with Crippen LogP contribution in [0.1, 0.15) is 52.4 Å². The lowest BCUT2D eigenvalue weighted by atomic mass is 10.1. The lowest BCUT2D eigenvalue weighted by Crippen LogP contribution is -2.42. The first-order valence-corrected chi connectivity index (χ1v) is 7.25. The molecule has 4 N–H and O–H groups in total. The molecule has 0 saturated heterocycles. The van der Waals surface area contributed by atoms with Crippen molar-refractivity contribution in [3.8, 4) is 0 Å². The third-order valence-corrected chi connectivity index (χ3v) is 3.22. The van der Waals surface area contributed by atoms with Gasteiger partial charge in [0, 0.05) is 12.6 Å². The first kappa shape index (κ1) is 17.6. The summed E-state index contributed by atoms with van der Waals surface area (Å²) in [6.07, 6.45) is 6.47. The Labute approximate surface area is 112 Å². The SMILES string of the molecule is CCCCC(NCC(N)CCCCNC)C(C)=O. The molecule has 0 saturated carbocycles. The highest BCUT2D eigenvalue weighted by atomic mass is 16.1. The number of nitrogens with one attached hydrogen (secondary N) is 2.